The fourth-order valence-electron chi connectivity index (χ4n) is 2.05. The van der Waals surface area contributed by atoms with Gasteiger partial charge in [-0.05, 0) is 31.3 Å². The molecule has 3 rings (SSSR count). The third-order valence-electron chi connectivity index (χ3n) is 2.90. The van der Waals surface area contributed by atoms with Crippen LogP contribution >= 0.6 is 11.6 Å². The summed E-state index contributed by atoms with van der Waals surface area (Å²) in [5.41, 5.74) is 2.66. The first-order valence-corrected chi connectivity index (χ1v) is 6.27. The average molecular weight is 274 g/mol. The second-order valence-corrected chi connectivity index (χ2v) is 4.54. The Hall–Kier alpha value is -1.98. The molecule has 0 fully saturated rings. The standard InChI is InChI=1S/C13H12ClN5/c1-15-7-9-8-17-18-19(9)12-5-4-11(14)10-3-2-6-16-13(10)12/h2-6,8,15H,7H2,1H3. The van der Waals surface area contributed by atoms with E-state index in [1.807, 2.05) is 31.3 Å². The van der Waals surface area contributed by atoms with Crippen LogP contribution in [0.1, 0.15) is 5.69 Å². The summed E-state index contributed by atoms with van der Waals surface area (Å²) >= 11 is 6.19. The van der Waals surface area contributed by atoms with Crippen LogP contribution in [0.2, 0.25) is 5.02 Å². The molecule has 2 heterocycles. The van der Waals surface area contributed by atoms with E-state index in [0.29, 0.717) is 11.6 Å². The highest BCUT2D eigenvalue weighted by atomic mass is 35.5. The first-order chi connectivity index (χ1) is 9.31. The lowest BCUT2D eigenvalue weighted by molar-refractivity contribution is 0.716. The molecule has 0 spiro atoms. The van der Waals surface area contributed by atoms with Gasteiger partial charge in [-0.3, -0.25) is 4.98 Å². The Balaban J connectivity index is 2.25. The first kappa shape index (κ1) is 12.1. The van der Waals surface area contributed by atoms with E-state index in [2.05, 4.69) is 20.6 Å². The van der Waals surface area contributed by atoms with E-state index in [0.717, 1.165) is 22.3 Å². The van der Waals surface area contributed by atoms with Gasteiger partial charge in [0.05, 0.1) is 28.1 Å². The third kappa shape index (κ3) is 2.07. The molecular weight excluding hydrogens is 262 g/mol. The molecule has 6 heteroatoms. The van der Waals surface area contributed by atoms with E-state index in [9.17, 15) is 0 Å². The summed E-state index contributed by atoms with van der Waals surface area (Å²) in [7, 11) is 1.88. The molecule has 0 amide bonds. The van der Waals surface area contributed by atoms with Crippen LogP contribution in [0.4, 0.5) is 0 Å². The molecule has 1 N–H and O–H groups in total. The molecule has 0 bridgehead atoms. The minimum absolute atomic E-state index is 0.683. The summed E-state index contributed by atoms with van der Waals surface area (Å²) in [5.74, 6) is 0. The predicted molar refractivity (Wildman–Crippen MR) is 74.4 cm³/mol. The number of hydrogen-bond donors (Lipinski definition) is 1. The van der Waals surface area contributed by atoms with Gasteiger partial charge >= 0.3 is 0 Å². The molecule has 2 aromatic heterocycles. The molecule has 0 aliphatic rings. The minimum atomic E-state index is 0.683. The summed E-state index contributed by atoms with van der Waals surface area (Å²) in [6, 6.07) is 7.58. The van der Waals surface area contributed by atoms with Crippen LogP contribution in [0.3, 0.4) is 0 Å². The van der Waals surface area contributed by atoms with Crippen LogP contribution in [-0.4, -0.2) is 27.0 Å². The maximum atomic E-state index is 6.19. The van der Waals surface area contributed by atoms with Crippen LogP contribution in [0.15, 0.2) is 36.7 Å². The van der Waals surface area contributed by atoms with Gasteiger partial charge in [-0.15, -0.1) is 5.10 Å². The molecule has 19 heavy (non-hydrogen) atoms. The summed E-state index contributed by atoms with van der Waals surface area (Å²) < 4.78 is 1.78. The van der Waals surface area contributed by atoms with E-state index in [1.165, 1.54) is 0 Å². The van der Waals surface area contributed by atoms with Crippen molar-refractivity contribution >= 4 is 22.5 Å². The number of nitrogens with zero attached hydrogens (tertiary/aromatic N) is 4. The fraction of sp³-hybridized carbons (Fsp3) is 0.154. The molecule has 3 aromatic rings. The highest BCUT2D eigenvalue weighted by Gasteiger charge is 2.11. The van der Waals surface area contributed by atoms with Gasteiger partial charge in [0.15, 0.2) is 0 Å². The molecule has 0 aliphatic carbocycles. The van der Waals surface area contributed by atoms with Crippen molar-refractivity contribution in [3.05, 3.63) is 47.4 Å². The number of rotatable bonds is 3. The van der Waals surface area contributed by atoms with Crippen molar-refractivity contribution in [2.45, 2.75) is 6.54 Å². The van der Waals surface area contributed by atoms with Crippen molar-refractivity contribution in [1.29, 1.82) is 0 Å². The van der Waals surface area contributed by atoms with Crippen LogP contribution in [0.5, 0.6) is 0 Å². The maximum absolute atomic E-state index is 6.19. The van der Waals surface area contributed by atoms with E-state index in [-0.39, 0.29) is 0 Å². The Kier molecular flexibility index (Phi) is 3.15. The Labute approximate surface area is 115 Å². The summed E-state index contributed by atoms with van der Waals surface area (Å²) in [6.45, 7) is 0.684. The molecule has 1 aromatic carbocycles. The zero-order chi connectivity index (χ0) is 13.2. The van der Waals surface area contributed by atoms with Crippen LogP contribution in [0.25, 0.3) is 16.6 Å². The summed E-state index contributed by atoms with van der Waals surface area (Å²) in [4.78, 5) is 4.41. The zero-order valence-corrected chi connectivity index (χ0v) is 11.1. The number of benzene rings is 1. The molecule has 5 nitrogen and oxygen atoms in total. The number of aromatic nitrogens is 4. The number of fused-ring (bicyclic) bond motifs is 1. The Morgan fingerprint density at radius 1 is 1.32 bits per heavy atom. The summed E-state index contributed by atoms with van der Waals surface area (Å²) in [6.07, 6.45) is 3.48. The molecule has 0 saturated heterocycles. The second-order valence-electron chi connectivity index (χ2n) is 4.13. The molecule has 0 atom stereocenters. The van der Waals surface area contributed by atoms with Crippen molar-refractivity contribution in [3.63, 3.8) is 0 Å². The third-order valence-corrected chi connectivity index (χ3v) is 3.23. The van der Waals surface area contributed by atoms with Gasteiger partial charge in [0.25, 0.3) is 0 Å². The molecular formula is C13H12ClN5. The smallest absolute Gasteiger partial charge is 0.0974 e. The average Bonchev–Trinajstić information content (AvgIpc) is 2.88. The molecule has 0 radical (unpaired) electrons. The normalized spacial score (nSPS) is 11.1. The highest BCUT2D eigenvalue weighted by molar-refractivity contribution is 6.35. The van der Waals surface area contributed by atoms with Crippen LogP contribution in [0, 0.1) is 0 Å². The van der Waals surface area contributed by atoms with Crippen molar-refractivity contribution in [2.24, 2.45) is 0 Å². The largest absolute Gasteiger partial charge is 0.314 e. The highest BCUT2D eigenvalue weighted by Crippen LogP contribution is 2.27. The van der Waals surface area contributed by atoms with Crippen molar-refractivity contribution < 1.29 is 0 Å². The van der Waals surface area contributed by atoms with Crippen molar-refractivity contribution in [3.8, 4) is 5.69 Å². The van der Waals surface area contributed by atoms with Gasteiger partial charge in [-0.25, -0.2) is 4.68 Å². The Bertz CT molecular complexity index is 722. The van der Waals surface area contributed by atoms with E-state index < -0.39 is 0 Å². The van der Waals surface area contributed by atoms with Gasteiger partial charge in [-0.1, -0.05) is 16.8 Å². The van der Waals surface area contributed by atoms with Crippen molar-refractivity contribution in [2.75, 3.05) is 7.05 Å². The lowest BCUT2D eigenvalue weighted by Crippen LogP contribution is -2.11. The molecule has 0 unspecified atom stereocenters. The van der Waals surface area contributed by atoms with Crippen molar-refractivity contribution in [1.82, 2.24) is 25.3 Å². The first-order valence-electron chi connectivity index (χ1n) is 5.89. The quantitative estimate of drug-likeness (QED) is 0.795. The molecule has 0 aliphatic heterocycles. The van der Waals surface area contributed by atoms with Gasteiger partial charge in [0.2, 0.25) is 0 Å². The lowest BCUT2D eigenvalue weighted by Gasteiger charge is -2.09. The van der Waals surface area contributed by atoms with Gasteiger partial charge < -0.3 is 5.32 Å². The second kappa shape index (κ2) is 4.95. The number of halogens is 1. The summed E-state index contributed by atoms with van der Waals surface area (Å²) in [5, 5.41) is 12.8. The van der Waals surface area contributed by atoms with E-state index >= 15 is 0 Å². The lowest BCUT2D eigenvalue weighted by atomic mass is 10.2. The number of pyridine rings is 1. The van der Waals surface area contributed by atoms with E-state index in [1.54, 1.807) is 17.1 Å². The SMILES string of the molecule is CNCc1cnnn1-c1ccc(Cl)c2cccnc12. The van der Waals surface area contributed by atoms with Crippen LogP contribution in [-0.2, 0) is 6.54 Å². The van der Waals surface area contributed by atoms with Gasteiger partial charge in [0, 0.05) is 18.1 Å². The van der Waals surface area contributed by atoms with Crippen LogP contribution < -0.4 is 5.32 Å². The molecule has 0 saturated carbocycles. The number of nitrogens with one attached hydrogen (secondary N) is 1. The number of hydrogen-bond acceptors (Lipinski definition) is 4. The monoisotopic (exact) mass is 273 g/mol. The zero-order valence-electron chi connectivity index (χ0n) is 10.3. The fourth-order valence-corrected chi connectivity index (χ4v) is 2.27. The minimum Gasteiger partial charge on any atom is -0.314 e. The van der Waals surface area contributed by atoms with E-state index in [4.69, 9.17) is 11.6 Å². The Morgan fingerprint density at radius 3 is 3.05 bits per heavy atom. The molecule has 96 valence electrons. The maximum Gasteiger partial charge on any atom is 0.0974 e. The predicted octanol–water partition coefficient (Wildman–Crippen LogP) is 2.19. The topological polar surface area (TPSA) is 55.6 Å². The van der Waals surface area contributed by atoms with Gasteiger partial charge in [-0.2, -0.15) is 0 Å². The Morgan fingerprint density at radius 2 is 2.21 bits per heavy atom. The van der Waals surface area contributed by atoms with Gasteiger partial charge in [0.1, 0.15) is 0 Å².